The van der Waals surface area contributed by atoms with Crippen molar-refractivity contribution in [2.45, 2.75) is 19.5 Å². The number of hydrogen-bond acceptors (Lipinski definition) is 2. The molecule has 0 amide bonds. The molecule has 0 aromatic heterocycles. The number of nitrogens with one attached hydrogen (secondary N) is 1. The Morgan fingerprint density at radius 2 is 2.33 bits per heavy atom. The Labute approximate surface area is 64.4 Å². The van der Waals surface area contributed by atoms with Gasteiger partial charge in [0.1, 0.15) is 11.9 Å². The summed E-state index contributed by atoms with van der Waals surface area (Å²) >= 11 is 4.66. The highest BCUT2D eigenvalue weighted by molar-refractivity contribution is 6.14. The summed E-state index contributed by atoms with van der Waals surface area (Å²) in [4.78, 5) is 0. The normalized spacial score (nSPS) is 11.4. The minimum atomic E-state index is -1.35. The van der Waals surface area contributed by atoms with Crippen LogP contribution in [0.15, 0.2) is 0 Å². The van der Waals surface area contributed by atoms with Crippen LogP contribution in [0.1, 0.15) is 13.3 Å². The van der Waals surface area contributed by atoms with Crippen LogP contribution in [-0.2, 0) is 4.29 Å². The van der Waals surface area contributed by atoms with Crippen molar-refractivity contribution < 1.29 is 8.68 Å². The number of halogens is 3. The van der Waals surface area contributed by atoms with Crippen LogP contribution in [0.2, 0.25) is 0 Å². The lowest BCUT2D eigenvalue weighted by atomic mass is 10.3. The summed E-state index contributed by atoms with van der Waals surface area (Å²) in [7, 11) is 0. The number of rotatable bonds is 2. The molecule has 0 aromatic carbocycles. The maximum absolute atomic E-state index is 12.1. The first kappa shape index (κ1) is 11.7. The van der Waals surface area contributed by atoms with E-state index in [0.29, 0.717) is 0 Å². The predicted molar refractivity (Wildman–Crippen MR) is 37.1 cm³/mol. The van der Waals surface area contributed by atoms with Gasteiger partial charge in [-0.15, -0.1) is 12.4 Å². The molecule has 0 bridgehead atoms. The SMILES string of the molecule is CCC(F)C(=N)OCl.Cl. The lowest BCUT2D eigenvalue weighted by Gasteiger charge is -2.00. The monoisotopic (exact) mass is 175 g/mol. The van der Waals surface area contributed by atoms with E-state index in [1.54, 1.807) is 6.92 Å². The fourth-order valence-electron chi connectivity index (χ4n) is 0.234. The van der Waals surface area contributed by atoms with E-state index in [1.165, 1.54) is 0 Å². The highest BCUT2D eigenvalue weighted by atomic mass is 35.5. The fourth-order valence-corrected chi connectivity index (χ4v) is 0.330. The van der Waals surface area contributed by atoms with Gasteiger partial charge in [-0.05, 0) is 6.42 Å². The molecule has 0 saturated carbocycles. The van der Waals surface area contributed by atoms with Crippen molar-refractivity contribution in [2.24, 2.45) is 0 Å². The Hall–Kier alpha value is -0.0200. The molecule has 0 rings (SSSR count). The lowest BCUT2D eigenvalue weighted by molar-refractivity contribution is 0.368. The van der Waals surface area contributed by atoms with Crippen LogP contribution in [0, 0.1) is 5.41 Å². The Morgan fingerprint density at radius 3 is 2.44 bits per heavy atom. The maximum Gasteiger partial charge on any atom is 0.240 e. The van der Waals surface area contributed by atoms with Crippen molar-refractivity contribution >= 4 is 30.2 Å². The summed E-state index contributed by atoms with van der Waals surface area (Å²) < 4.78 is 15.9. The van der Waals surface area contributed by atoms with E-state index in [0.717, 1.165) is 0 Å². The molecule has 56 valence electrons. The molecule has 0 aliphatic heterocycles. The van der Waals surface area contributed by atoms with Crippen molar-refractivity contribution in [3.63, 3.8) is 0 Å². The Morgan fingerprint density at radius 1 is 1.89 bits per heavy atom. The van der Waals surface area contributed by atoms with E-state index in [-0.39, 0.29) is 18.8 Å². The maximum atomic E-state index is 12.1. The molecule has 0 heterocycles. The van der Waals surface area contributed by atoms with Crippen LogP contribution in [-0.4, -0.2) is 12.1 Å². The van der Waals surface area contributed by atoms with Gasteiger partial charge in [0.2, 0.25) is 5.90 Å². The molecular formula is C4H8Cl2FNO. The number of hydrogen-bond donors (Lipinski definition) is 1. The summed E-state index contributed by atoms with van der Waals surface area (Å²) in [6.07, 6.45) is -1.13. The van der Waals surface area contributed by atoms with Crippen LogP contribution in [0.25, 0.3) is 0 Å². The minimum absolute atomic E-state index is 0. The third kappa shape index (κ3) is 4.48. The average molecular weight is 176 g/mol. The summed E-state index contributed by atoms with van der Waals surface area (Å²) in [6.45, 7) is 1.61. The molecule has 0 fully saturated rings. The van der Waals surface area contributed by atoms with E-state index in [4.69, 9.17) is 5.41 Å². The fraction of sp³-hybridized carbons (Fsp3) is 0.750. The highest BCUT2D eigenvalue weighted by Gasteiger charge is 2.10. The summed E-state index contributed by atoms with van der Waals surface area (Å²) in [6, 6.07) is 0. The van der Waals surface area contributed by atoms with Crippen molar-refractivity contribution in [1.82, 2.24) is 0 Å². The third-order valence-electron chi connectivity index (χ3n) is 0.726. The second kappa shape index (κ2) is 6.11. The van der Waals surface area contributed by atoms with Gasteiger partial charge in [-0.1, -0.05) is 6.92 Å². The zero-order valence-electron chi connectivity index (χ0n) is 4.86. The van der Waals surface area contributed by atoms with Crippen LogP contribution in [0.3, 0.4) is 0 Å². The molecular weight excluding hydrogens is 168 g/mol. The molecule has 1 N–H and O–H groups in total. The van der Waals surface area contributed by atoms with Gasteiger partial charge in [0.25, 0.3) is 0 Å². The van der Waals surface area contributed by atoms with Crippen molar-refractivity contribution in [3.8, 4) is 0 Å². The topological polar surface area (TPSA) is 33.1 Å². The van der Waals surface area contributed by atoms with Gasteiger partial charge >= 0.3 is 0 Å². The summed E-state index contributed by atoms with van der Waals surface area (Å²) in [5.74, 6) is -0.519. The molecule has 0 radical (unpaired) electrons. The molecule has 0 aromatic rings. The van der Waals surface area contributed by atoms with Crippen molar-refractivity contribution in [1.29, 1.82) is 5.41 Å². The second-order valence-electron chi connectivity index (χ2n) is 1.32. The minimum Gasteiger partial charge on any atom is -0.367 e. The zero-order chi connectivity index (χ0) is 6.57. The van der Waals surface area contributed by atoms with E-state index in [9.17, 15) is 4.39 Å². The quantitative estimate of drug-likeness (QED) is 0.508. The molecule has 0 spiro atoms. The van der Waals surface area contributed by atoms with E-state index < -0.39 is 12.1 Å². The van der Waals surface area contributed by atoms with Gasteiger partial charge in [0.15, 0.2) is 6.17 Å². The molecule has 0 aliphatic carbocycles. The lowest BCUT2D eigenvalue weighted by Crippen LogP contribution is -2.12. The first-order valence-corrected chi connectivity index (χ1v) is 2.54. The molecule has 1 unspecified atom stereocenters. The Bertz CT molecular complexity index is 90.6. The Kier molecular flexibility index (Phi) is 7.96. The van der Waals surface area contributed by atoms with E-state index >= 15 is 0 Å². The molecule has 0 saturated heterocycles. The first-order valence-electron chi connectivity index (χ1n) is 2.23. The van der Waals surface area contributed by atoms with Crippen LogP contribution in [0.4, 0.5) is 4.39 Å². The summed E-state index contributed by atoms with van der Waals surface area (Å²) in [5.41, 5.74) is 0. The summed E-state index contributed by atoms with van der Waals surface area (Å²) in [5, 5.41) is 6.61. The van der Waals surface area contributed by atoms with E-state index in [2.05, 4.69) is 16.2 Å². The molecule has 2 nitrogen and oxygen atoms in total. The first-order chi connectivity index (χ1) is 3.72. The average Bonchev–Trinajstić information content (AvgIpc) is 1.84. The van der Waals surface area contributed by atoms with Crippen LogP contribution in [0.5, 0.6) is 0 Å². The predicted octanol–water partition coefficient (Wildman–Crippen LogP) is 2.30. The van der Waals surface area contributed by atoms with Gasteiger partial charge in [0, 0.05) is 0 Å². The van der Waals surface area contributed by atoms with Gasteiger partial charge < -0.3 is 4.29 Å². The van der Waals surface area contributed by atoms with Crippen molar-refractivity contribution in [3.05, 3.63) is 0 Å². The van der Waals surface area contributed by atoms with E-state index in [1.807, 2.05) is 0 Å². The van der Waals surface area contributed by atoms with Crippen LogP contribution < -0.4 is 0 Å². The molecule has 0 aliphatic rings. The second-order valence-corrected chi connectivity index (χ2v) is 1.47. The van der Waals surface area contributed by atoms with Gasteiger partial charge in [-0.25, -0.2) is 4.39 Å². The zero-order valence-corrected chi connectivity index (χ0v) is 6.43. The van der Waals surface area contributed by atoms with Crippen LogP contribution >= 0.6 is 24.3 Å². The standard InChI is InChI=1S/C4H7ClFNO.ClH/c1-2-3(6)4(7)8-5;/h3,7H,2H2,1H3;1H. The van der Waals surface area contributed by atoms with Crippen molar-refractivity contribution in [2.75, 3.05) is 0 Å². The van der Waals surface area contributed by atoms with Gasteiger partial charge in [0.05, 0.1) is 0 Å². The molecule has 9 heavy (non-hydrogen) atoms. The molecule has 1 atom stereocenters. The largest absolute Gasteiger partial charge is 0.367 e. The smallest absolute Gasteiger partial charge is 0.240 e. The van der Waals surface area contributed by atoms with Gasteiger partial charge in [-0.3, -0.25) is 5.41 Å². The molecule has 5 heteroatoms. The third-order valence-corrected chi connectivity index (χ3v) is 0.892. The highest BCUT2D eigenvalue weighted by Crippen LogP contribution is 2.00. The van der Waals surface area contributed by atoms with Gasteiger partial charge in [-0.2, -0.15) is 0 Å². The Balaban J connectivity index is 0. The number of alkyl halides is 1.